The van der Waals surface area contributed by atoms with Crippen LogP contribution in [-0.2, 0) is 0 Å². The number of likely N-dealkylation sites (tertiary alicyclic amines) is 1. The van der Waals surface area contributed by atoms with Gasteiger partial charge in [0.1, 0.15) is 0 Å². The quantitative estimate of drug-likeness (QED) is 0.804. The summed E-state index contributed by atoms with van der Waals surface area (Å²) < 4.78 is 0. The molecule has 3 heteroatoms. The molecular weight excluding hydrogens is 248 g/mol. The van der Waals surface area contributed by atoms with Gasteiger partial charge in [-0.3, -0.25) is 0 Å². The highest BCUT2D eigenvalue weighted by Crippen LogP contribution is 2.27. The molecule has 0 amide bonds. The highest BCUT2D eigenvalue weighted by atomic mass is 16.3. The lowest BCUT2D eigenvalue weighted by molar-refractivity contribution is 0.174. The smallest absolute Gasteiger partial charge is 0.0611 e. The Balaban J connectivity index is 1.74. The topological polar surface area (TPSA) is 49.5 Å². The molecule has 3 N–H and O–H groups in total. The van der Waals surface area contributed by atoms with E-state index in [4.69, 9.17) is 5.73 Å². The third-order valence-corrected chi connectivity index (χ3v) is 4.71. The highest BCUT2D eigenvalue weighted by Gasteiger charge is 2.25. The molecule has 0 aromatic heterocycles. The van der Waals surface area contributed by atoms with E-state index < -0.39 is 0 Å². The summed E-state index contributed by atoms with van der Waals surface area (Å²) >= 11 is 0. The van der Waals surface area contributed by atoms with Gasteiger partial charge in [0.2, 0.25) is 0 Å². The van der Waals surface area contributed by atoms with E-state index in [1.165, 1.54) is 18.5 Å². The van der Waals surface area contributed by atoms with E-state index in [1.54, 1.807) is 0 Å². The average Bonchev–Trinajstić information content (AvgIpc) is 2.97. The Labute approximate surface area is 122 Å². The molecule has 1 aromatic carbocycles. The average molecular weight is 276 g/mol. The minimum Gasteiger partial charge on any atom is -0.394 e. The van der Waals surface area contributed by atoms with Crippen molar-refractivity contribution in [1.82, 2.24) is 4.90 Å². The molecular formula is C17H28N2O. The summed E-state index contributed by atoms with van der Waals surface area (Å²) in [7, 11) is 0. The van der Waals surface area contributed by atoms with E-state index in [0.717, 1.165) is 32.4 Å². The van der Waals surface area contributed by atoms with Crippen LogP contribution in [-0.4, -0.2) is 41.8 Å². The molecule has 0 radical (unpaired) electrons. The van der Waals surface area contributed by atoms with E-state index in [1.807, 2.05) is 0 Å². The molecule has 1 aliphatic heterocycles. The normalized spacial score (nSPS) is 22.9. The molecule has 3 nitrogen and oxygen atoms in total. The monoisotopic (exact) mass is 276 g/mol. The van der Waals surface area contributed by atoms with Gasteiger partial charge >= 0.3 is 0 Å². The van der Waals surface area contributed by atoms with Crippen LogP contribution in [0.1, 0.15) is 44.1 Å². The number of aliphatic hydroxyl groups is 1. The molecule has 0 aliphatic carbocycles. The molecule has 20 heavy (non-hydrogen) atoms. The second-order valence-electron chi connectivity index (χ2n) is 6.17. The van der Waals surface area contributed by atoms with Crippen molar-refractivity contribution in [2.75, 3.05) is 26.2 Å². The van der Waals surface area contributed by atoms with Crippen LogP contribution in [0, 0.1) is 0 Å². The van der Waals surface area contributed by atoms with Gasteiger partial charge in [0.25, 0.3) is 0 Å². The number of rotatable bonds is 7. The van der Waals surface area contributed by atoms with Crippen LogP contribution in [0.15, 0.2) is 30.3 Å². The largest absolute Gasteiger partial charge is 0.394 e. The molecule has 1 saturated heterocycles. The number of hydrogen-bond acceptors (Lipinski definition) is 3. The Morgan fingerprint density at radius 1 is 1.35 bits per heavy atom. The van der Waals surface area contributed by atoms with Crippen LogP contribution >= 0.6 is 0 Å². The van der Waals surface area contributed by atoms with Gasteiger partial charge in [0, 0.05) is 12.1 Å². The lowest BCUT2D eigenvalue weighted by Gasteiger charge is -2.26. The van der Waals surface area contributed by atoms with E-state index in [0.29, 0.717) is 5.92 Å². The number of aliphatic hydroxyl groups excluding tert-OH is 1. The molecule has 2 atom stereocenters. The predicted octanol–water partition coefficient (Wildman–Crippen LogP) is 2.36. The molecule has 1 heterocycles. The van der Waals surface area contributed by atoms with Crippen molar-refractivity contribution in [3.8, 4) is 0 Å². The summed E-state index contributed by atoms with van der Waals surface area (Å²) in [5, 5.41) is 9.33. The molecule has 1 aliphatic rings. The standard InChI is InChI=1S/C17H28N2O/c1-2-17(18,14-20)10-6-11-19-12-9-16(13-19)15-7-4-3-5-8-15/h3-5,7-8,16,20H,2,6,9-14,18H2,1H3. The maximum absolute atomic E-state index is 9.33. The van der Waals surface area contributed by atoms with Crippen molar-refractivity contribution >= 4 is 0 Å². The number of nitrogens with two attached hydrogens (primary N) is 1. The first kappa shape index (κ1) is 15.5. The van der Waals surface area contributed by atoms with Crippen LogP contribution in [0.5, 0.6) is 0 Å². The number of nitrogens with zero attached hydrogens (tertiary/aromatic N) is 1. The summed E-state index contributed by atoms with van der Waals surface area (Å²) in [6.45, 7) is 5.59. The summed E-state index contributed by atoms with van der Waals surface area (Å²) in [6, 6.07) is 10.8. The molecule has 2 unspecified atom stereocenters. The third-order valence-electron chi connectivity index (χ3n) is 4.71. The molecule has 0 saturated carbocycles. The van der Waals surface area contributed by atoms with Gasteiger partial charge < -0.3 is 15.7 Å². The Morgan fingerprint density at radius 3 is 2.75 bits per heavy atom. The third kappa shape index (κ3) is 4.05. The van der Waals surface area contributed by atoms with Gasteiger partial charge in [-0.15, -0.1) is 0 Å². The molecule has 112 valence electrons. The highest BCUT2D eigenvalue weighted by molar-refractivity contribution is 5.20. The van der Waals surface area contributed by atoms with E-state index in [-0.39, 0.29) is 12.1 Å². The van der Waals surface area contributed by atoms with Gasteiger partial charge in [-0.25, -0.2) is 0 Å². The fourth-order valence-electron chi connectivity index (χ4n) is 3.06. The molecule has 1 fully saturated rings. The molecule has 1 aromatic rings. The molecule has 0 bridgehead atoms. The first-order chi connectivity index (χ1) is 9.67. The summed E-state index contributed by atoms with van der Waals surface area (Å²) in [5.74, 6) is 0.683. The number of benzene rings is 1. The number of hydrogen-bond donors (Lipinski definition) is 2. The maximum Gasteiger partial charge on any atom is 0.0611 e. The zero-order valence-corrected chi connectivity index (χ0v) is 12.6. The second kappa shape index (κ2) is 7.21. The fraction of sp³-hybridized carbons (Fsp3) is 0.647. The van der Waals surface area contributed by atoms with Crippen LogP contribution in [0.25, 0.3) is 0 Å². The van der Waals surface area contributed by atoms with Crippen molar-refractivity contribution in [2.24, 2.45) is 5.73 Å². The predicted molar refractivity (Wildman–Crippen MR) is 83.8 cm³/mol. The van der Waals surface area contributed by atoms with E-state index in [2.05, 4.69) is 42.2 Å². The van der Waals surface area contributed by atoms with Crippen molar-refractivity contribution < 1.29 is 5.11 Å². The second-order valence-corrected chi connectivity index (χ2v) is 6.17. The van der Waals surface area contributed by atoms with Crippen LogP contribution in [0.4, 0.5) is 0 Å². The first-order valence-corrected chi connectivity index (χ1v) is 7.84. The van der Waals surface area contributed by atoms with Crippen LogP contribution in [0.2, 0.25) is 0 Å². The Hall–Kier alpha value is -0.900. The minimum absolute atomic E-state index is 0.0934. The van der Waals surface area contributed by atoms with Crippen molar-refractivity contribution in [1.29, 1.82) is 0 Å². The van der Waals surface area contributed by atoms with Crippen molar-refractivity contribution in [2.45, 2.75) is 44.1 Å². The fourth-order valence-corrected chi connectivity index (χ4v) is 3.06. The summed E-state index contributed by atoms with van der Waals surface area (Å²) in [4.78, 5) is 2.53. The van der Waals surface area contributed by atoms with Gasteiger partial charge in [0.15, 0.2) is 0 Å². The minimum atomic E-state index is -0.376. The zero-order valence-electron chi connectivity index (χ0n) is 12.6. The van der Waals surface area contributed by atoms with Crippen LogP contribution in [0.3, 0.4) is 0 Å². The van der Waals surface area contributed by atoms with Crippen molar-refractivity contribution in [3.05, 3.63) is 35.9 Å². The van der Waals surface area contributed by atoms with Gasteiger partial charge in [-0.1, -0.05) is 37.3 Å². The SMILES string of the molecule is CCC(N)(CO)CCCN1CCC(c2ccccc2)C1. The van der Waals surface area contributed by atoms with E-state index >= 15 is 0 Å². The molecule has 2 rings (SSSR count). The molecule has 0 spiro atoms. The van der Waals surface area contributed by atoms with Gasteiger partial charge in [0.05, 0.1) is 6.61 Å². The van der Waals surface area contributed by atoms with Crippen molar-refractivity contribution in [3.63, 3.8) is 0 Å². The Bertz CT molecular complexity index is 389. The lowest BCUT2D eigenvalue weighted by Crippen LogP contribution is -2.43. The van der Waals surface area contributed by atoms with Gasteiger partial charge in [-0.2, -0.15) is 0 Å². The zero-order chi connectivity index (χ0) is 14.4. The van der Waals surface area contributed by atoms with E-state index in [9.17, 15) is 5.11 Å². The van der Waals surface area contributed by atoms with Crippen LogP contribution < -0.4 is 5.73 Å². The van der Waals surface area contributed by atoms with Gasteiger partial charge in [-0.05, 0) is 50.3 Å². The first-order valence-electron chi connectivity index (χ1n) is 7.84. The Morgan fingerprint density at radius 2 is 2.10 bits per heavy atom. The summed E-state index contributed by atoms with van der Waals surface area (Å²) in [5.41, 5.74) is 7.22. The lowest BCUT2D eigenvalue weighted by atomic mass is 9.92. The Kier molecular flexibility index (Phi) is 5.58. The summed E-state index contributed by atoms with van der Waals surface area (Å²) in [6.07, 6.45) is 4.08. The maximum atomic E-state index is 9.33.